The Bertz CT molecular complexity index is 1200. The third-order valence-corrected chi connectivity index (χ3v) is 5.47. The number of anilines is 1. The van der Waals surface area contributed by atoms with Crippen molar-refractivity contribution in [2.45, 2.75) is 19.4 Å². The van der Waals surface area contributed by atoms with Crippen LogP contribution in [0.3, 0.4) is 0 Å². The van der Waals surface area contributed by atoms with E-state index in [0.29, 0.717) is 29.1 Å². The highest BCUT2D eigenvalue weighted by atomic mass is 35.5. The number of aromatic nitrogens is 4. The second-order valence-electron chi connectivity index (χ2n) is 6.70. The third kappa shape index (κ3) is 5.59. The molecular formula is C21H18ClN5O4S. The highest BCUT2D eigenvalue weighted by Gasteiger charge is 2.14. The van der Waals surface area contributed by atoms with Gasteiger partial charge in [0.1, 0.15) is 5.82 Å². The van der Waals surface area contributed by atoms with Crippen molar-refractivity contribution in [3.63, 3.8) is 0 Å². The number of nitrogens with one attached hydrogen (secondary N) is 1. The summed E-state index contributed by atoms with van der Waals surface area (Å²) in [5.74, 6) is 0.257. The number of rotatable bonds is 9. The number of benzene rings is 1. The van der Waals surface area contributed by atoms with Crippen LogP contribution in [0.1, 0.15) is 17.9 Å². The third-order valence-electron chi connectivity index (χ3n) is 4.42. The summed E-state index contributed by atoms with van der Waals surface area (Å²) in [7, 11) is 0. The van der Waals surface area contributed by atoms with E-state index < -0.39 is 18.5 Å². The highest BCUT2D eigenvalue weighted by molar-refractivity contribution is 7.08. The topological polar surface area (TPSA) is 112 Å². The SMILES string of the molecule is O=C(COC(=O)CCc1nc(-c2ccsc2)no1)Nc1ccnn1Cc1ccccc1Cl. The Morgan fingerprint density at radius 2 is 2.09 bits per heavy atom. The van der Waals surface area contributed by atoms with Crippen LogP contribution < -0.4 is 5.32 Å². The van der Waals surface area contributed by atoms with Crippen LogP contribution in [0.2, 0.25) is 5.02 Å². The summed E-state index contributed by atoms with van der Waals surface area (Å²) >= 11 is 7.71. The molecule has 11 heteroatoms. The summed E-state index contributed by atoms with van der Waals surface area (Å²) in [5, 5.41) is 15.2. The van der Waals surface area contributed by atoms with Crippen LogP contribution in [0.15, 0.2) is 57.9 Å². The Morgan fingerprint density at radius 3 is 2.91 bits per heavy atom. The first-order valence-corrected chi connectivity index (χ1v) is 11.0. The molecule has 9 nitrogen and oxygen atoms in total. The Morgan fingerprint density at radius 1 is 1.22 bits per heavy atom. The molecule has 1 N–H and O–H groups in total. The van der Waals surface area contributed by atoms with Crippen molar-refractivity contribution in [3.8, 4) is 11.4 Å². The number of carbonyl (C=O) groups excluding carboxylic acids is 2. The number of hydrogen-bond donors (Lipinski definition) is 1. The maximum Gasteiger partial charge on any atom is 0.306 e. The summed E-state index contributed by atoms with van der Waals surface area (Å²) in [6.07, 6.45) is 1.80. The second kappa shape index (κ2) is 10.2. The molecule has 0 atom stereocenters. The Kier molecular flexibility index (Phi) is 6.93. The van der Waals surface area contributed by atoms with Crippen LogP contribution in [0.5, 0.6) is 0 Å². The van der Waals surface area contributed by atoms with Gasteiger partial charge in [-0.25, -0.2) is 4.68 Å². The highest BCUT2D eigenvalue weighted by Crippen LogP contribution is 2.19. The summed E-state index contributed by atoms with van der Waals surface area (Å²) in [4.78, 5) is 28.4. The van der Waals surface area contributed by atoms with Gasteiger partial charge < -0.3 is 14.6 Å². The van der Waals surface area contributed by atoms with Crippen molar-refractivity contribution in [1.82, 2.24) is 19.9 Å². The minimum absolute atomic E-state index is 0.0169. The first kappa shape index (κ1) is 21.7. The van der Waals surface area contributed by atoms with Gasteiger partial charge in [0.15, 0.2) is 6.61 Å². The Hall–Kier alpha value is -3.50. The fourth-order valence-electron chi connectivity index (χ4n) is 2.82. The van der Waals surface area contributed by atoms with Gasteiger partial charge in [-0.2, -0.15) is 21.4 Å². The van der Waals surface area contributed by atoms with E-state index in [4.69, 9.17) is 20.9 Å². The summed E-state index contributed by atoms with van der Waals surface area (Å²) in [6.45, 7) is -0.0281. The maximum absolute atomic E-state index is 12.2. The number of thiophene rings is 1. The van der Waals surface area contributed by atoms with E-state index in [9.17, 15) is 9.59 Å². The molecule has 4 rings (SSSR count). The predicted molar refractivity (Wildman–Crippen MR) is 118 cm³/mol. The van der Waals surface area contributed by atoms with Gasteiger partial charge in [-0.1, -0.05) is 35.0 Å². The number of amides is 1. The monoisotopic (exact) mass is 471 g/mol. The average Bonchev–Trinajstić information content (AvgIpc) is 3.55. The lowest BCUT2D eigenvalue weighted by Gasteiger charge is -2.10. The molecule has 1 aromatic carbocycles. The molecule has 32 heavy (non-hydrogen) atoms. The number of halogens is 1. The minimum atomic E-state index is -0.542. The zero-order chi connectivity index (χ0) is 22.3. The first-order chi connectivity index (χ1) is 15.6. The summed E-state index contributed by atoms with van der Waals surface area (Å²) < 4.78 is 11.8. The van der Waals surface area contributed by atoms with Gasteiger partial charge in [0.2, 0.25) is 11.7 Å². The summed E-state index contributed by atoms with van der Waals surface area (Å²) in [5.41, 5.74) is 1.72. The molecule has 0 aliphatic carbocycles. The van der Waals surface area contributed by atoms with Crippen LogP contribution >= 0.6 is 22.9 Å². The lowest BCUT2D eigenvalue weighted by molar-refractivity contribution is -0.147. The van der Waals surface area contributed by atoms with Crippen molar-refractivity contribution < 1.29 is 18.8 Å². The number of hydrogen-bond acceptors (Lipinski definition) is 8. The van der Waals surface area contributed by atoms with Gasteiger partial charge in [0.05, 0.1) is 19.2 Å². The minimum Gasteiger partial charge on any atom is -0.456 e. The van der Waals surface area contributed by atoms with Crippen molar-refractivity contribution in [3.05, 3.63) is 69.8 Å². The summed E-state index contributed by atoms with van der Waals surface area (Å²) in [6, 6.07) is 10.9. The van der Waals surface area contributed by atoms with Crippen LogP contribution in [-0.4, -0.2) is 38.4 Å². The van der Waals surface area contributed by atoms with E-state index >= 15 is 0 Å². The van der Waals surface area contributed by atoms with E-state index in [2.05, 4.69) is 20.6 Å². The van der Waals surface area contributed by atoms with Crippen LogP contribution in [-0.2, 0) is 27.3 Å². The molecule has 164 valence electrons. The zero-order valence-electron chi connectivity index (χ0n) is 16.7. The van der Waals surface area contributed by atoms with Crippen molar-refractivity contribution in [1.29, 1.82) is 0 Å². The van der Waals surface area contributed by atoms with E-state index in [1.54, 1.807) is 23.0 Å². The molecule has 3 aromatic heterocycles. The van der Waals surface area contributed by atoms with Gasteiger partial charge in [-0.05, 0) is 23.1 Å². The molecular weight excluding hydrogens is 454 g/mol. The van der Waals surface area contributed by atoms with Crippen LogP contribution in [0.25, 0.3) is 11.4 Å². The van der Waals surface area contributed by atoms with Crippen molar-refractivity contribution >= 4 is 40.6 Å². The number of nitrogens with zero attached hydrogens (tertiary/aromatic N) is 4. The molecule has 3 heterocycles. The average molecular weight is 472 g/mol. The molecule has 0 aliphatic heterocycles. The standard InChI is InChI=1S/C21H18ClN5O4S/c22-16-4-2-1-3-14(16)11-27-17(7-9-23-27)24-18(28)12-30-20(29)6-5-19-25-21(26-31-19)15-8-10-32-13-15/h1-4,7-10,13H,5-6,11-12H2,(H,24,28). The smallest absolute Gasteiger partial charge is 0.306 e. The number of aryl methyl sites for hydroxylation is 1. The van der Waals surface area contributed by atoms with E-state index in [1.165, 1.54) is 11.3 Å². The number of ether oxygens (including phenoxy) is 1. The van der Waals surface area contributed by atoms with Gasteiger partial charge in [-0.3, -0.25) is 9.59 Å². The Balaban J connectivity index is 1.23. The molecule has 0 saturated carbocycles. The van der Waals surface area contributed by atoms with Crippen LogP contribution in [0, 0.1) is 0 Å². The molecule has 1 amide bonds. The predicted octanol–water partition coefficient (Wildman–Crippen LogP) is 3.81. The molecule has 0 saturated heterocycles. The number of esters is 1. The Labute approximate surface area is 192 Å². The first-order valence-electron chi connectivity index (χ1n) is 9.64. The van der Waals surface area contributed by atoms with Crippen molar-refractivity contribution in [2.75, 3.05) is 11.9 Å². The molecule has 0 aliphatic rings. The molecule has 0 radical (unpaired) electrons. The molecule has 4 aromatic rings. The second-order valence-corrected chi connectivity index (χ2v) is 7.89. The maximum atomic E-state index is 12.2. The fourth-order valence-corrected chi connectivity index (χ4v) is 3.65. The quantitative estimate of drug-likeness (QED) is 0.369. The van der Waals surface area contributed by atoms with Gasteiger partial charge in [0, 0.05) is 28.5 Å². The van der Waals surface area contributed by atoms with E-state index in [1.807, 2.05) is 35.0 Å². The van der Waals surface area contributed by atoms with Gasteiger partial charge in [-0.15, -0.1) is 0 Å². The van der Waals surface area contributed by atoms with E-state index in [-0.39, 0.29) is 12.8 Å². The van der Waals surface area contributed by atoms with Crippen molar-refractivity contribution in [2.24, 2.45) is 0 Å². The number of carbonyl (C=O) groups is 2. The zero-order valence-corrected chi connectivity index (χ0v) is 18.3. The van der Waals surface area contributed by atoms with Gasteiger partial charge >= 0.3 is 5.97 Å². The lowest BCUT2D eigenvalue weighted by atomic mass is 10.2. The van der Waals surface area contributed by atoms with Crippen LogP contribution in [0.4, 0.5) is 5.82 Å². The molecule has 0 bridgehead atoms. The van der Waals surface area contributed by atoms with E-state index in [0.717, 1.165) is 11.1 Å². The molecule has 0 spiro atoms. The van der Waals surface area contributed by atoms with Gasteiger partial charge in [0.25, 0.3) is 5.91 Å². The molecule has 0 fully saturated rings. The normalized spacial score (nSPS) is 10.8. The fraction of sp³-hybridized carbons (Fsp3) is 0.190. The molecule has 0 unspecified atom stereocenters. The largest absolute Gasteiger partial charge is 0.456 e. The lowest BCUT2D eigenvalue weighted by Crippen LogP contribution is -2.23.